The molecule has 0 aliphatic rings. The summed E-state index contributed by atoms with van der Waals surface area (Å²) in [6.07, 6.45) is 9.02. The lowest BCUT2D eigenvalue weighted by atomic mass is 10.2. The maximum Gasteiger partial charge on any atom is 0.125 e. The first-order valence-corrected chi connectivity index (χ1v) is 9.33. The fraction of sp³-hybridized carbons (Fsp3) is 0.0476. The lowest BCUT2D eigenvalue weighted by Crippen LogP contribution is -2.05. The van der Waals surface area contributed by atoms with E-state index in [1.165, 1.54) is 5.56 Å². The van der Waals surface area contributed by atoms with E-state index >= 15 is 0 Å². The molecule has 0 spiro atoms. The lowest BCUT2D eigenvalue weighted by molar-refractivity contribution is 0.748. The van der Waals surface area contributed by atoms with Crippen LogP contribution in [0.15, 0.2) is 84.5 Å². The summed E-state index contributed by atoms with van der Waals surface area (Å²) in [6.45, 7) is 0.693. The molecule has 1 N–H and O–H groups in total. The van der Waals surface area contributed by atoms with Crippen molar-refractivity contribution in [2.75, 3.05) is 0 Å². The number of aromatic nitrogens is 3. The molecular weight excluding hydrogens is 354 g/mol. The van der Waals surface area contributed by atoms with Crippen LogP contribution in [0.2, 0.25) is 0 Å². The average molecular weight is 371 g/mol. The number of pyridine rings is 2. The van der Waals surface area contributed by atoms with Crippen LogP contribution in [0.4, 0.5) is 0 Å². The van der Waals surface area contributed by atoms with Gasteiger partial charge in [0.15, 0.2) is 0 Å². The number of nitrogens with zero attached hydrogens (tertiary/aromatic N) is 4. The molecule has 0 aliphatic heterocycles. The minimum atomic E-state index is 0.693. The summed E-state index contributed by atoms with van der Waals surface area (Å²) < 4.78 is 0. The maximum atomic E-state index is 4.49. The Kier molecular flexibility index (Phi) is 5.26. The van der Waals surface area contributed by atoms with Gasteiger partial charge in [-0.1, -0.05) is 30.3 Å². The molecular formula is C21H17N5S. The normalized spacial score (nSPS) is 11.0. The van der Waals surface area contributed by atoms with Crippen LogP contribution < -0.4 is 5.43 Å². The van der Waals surface area contributed by atoms with E-state index in [-0.39, 0.29) is 0 Å². The monoisotopic (exact) mass is 371 g/mol. The third-order valence-corrected chi connectivity index (χ3v) is 4.95. The van der Waals surface area contributed by atoms with Crippen molar-refractivity contribution in [3.05, 3.63) is 90.5 Å². The van der Waals surface area contributed by atoms with Crippen LogP contribution in [0.25, 0.3) is 21.1 Å². The van der Waals surface area contributed by atoms with Gasteiger partial charge in [0, 0.05) is 30.4 Å². The van der Waals surface area contributed by atoms with Gasteiger partial charge in [-0.25, -0.2) is 4.98 Å². The van der Waals surface area contributed by atoms with E-state index in [1.807, 2.05) is 54.9 Å². The van der Waals surface area contributed by atoms with Crippen molar-refractivity contribution in [2.24, 2.45) is 5.10 Å². The Balaban J connectivity index is 1.45. The Hall–Kier alpha value is -3.38. The number of rotatable bonds is 6. The van der Waals surface area contributed by atoms with Crippen molar-refractivity contribution < 1.29 is 0 Å². The summed E-state index contributed by atoms with van der Waals surface area (Å²) in [6, 6.07) is 18.0. The van der Waals surface area contributed by atoms with Gasteiger partial charge in [0.2, 0.25) is 0 Å². The van der Waals surface area contributed by atoms with Crippen LogP contribution in [-0.2, 0) is 6.54 Å². The fourth-order valence-electron chi connectivity index (χ4n) is 2.53. The standard InChI is InChI=1S/C21H17N5S/c1-2-5-16(6-3-1)12-25-26-13-17-8-10-23-19(11-17)20-15-24-21(27-20)18-7-4-9-22-14-18/h1-11,13-15,25H,12H2/b26-13+. The van der Waals surface area contributed by atoms with Crippen molar-refractivity contribution in [3.8, 4) is 21.1 Å². The molecule has 0 fully saturated rings. The van der Waals surface area contributed by atoms with E-state index in [9.17, 15) is 0 Å². The van der Waals surface area contributed by atoms with Gasteiger partial charge in [-0.05, 0) is 35.4 Å². The second-order valence-electron chi connectivity index (χ2n) is 5.82. The maximum absolute atomic E-state index is 4.49. The van der Waals surface area contributed by atoms with Crippen LogP contribution in [0, 0.1) is 0 Å². The molecule has 0 bridgehead atoms. The van der Waals surface area contributed by atoms with Gasteiger partial charge >= 0.3 is 0 Å². The molecule has 4 aromatic rings. The van der Waals surface area contributed by atoms with Gasteiger partial charge in [0.1, 0.15) is 5.01 Å². The molecule has 5 nitrogen and oxygen atoms in total. The van der Waals surface area contributed by atoms with E-state index in [2.05, 4.69) is 37.6 Å². The molecule has 4 rings (SSSR count). The molecule has 1 aromatic carbocycles. The average Bonchev–Trinajstić information content (AvgIpc) is 3.23. The molecule has 132 valence electrons. The zero-order chi connectivity index (χ0) is 18.3. The van der Waals surface area contributed by atoms with Gasteiger partial charge < -0.3 is 5.43 Å². The third-order valence-electron chi connectivity index (χ3n) is 3.88. The highest BCUT2D eigenvalue weighted by Crippen LogP contribution is 2.30. The molecule has 27 heavy (non-hydrogen) atoms. The number of hydrogen-bond acceptors (Lipinski definition) is 6. The van der Waals surface area contributed by atoms with E-state index in [4.69, 9.17) is 0 Å². The number of nitrogens with one attached hydrogen (secondary N) is 1. The summed E-state index contributed by atoms with van der Waals surface area (Å²) in [5.74, 6) is 0. The predicted molar refractivity (Wildman–Crippen MR) is 109 cm³/mol. The van der Waals surface area contributed by atoms with E-state index in [0.717, 1.165) is 26.7 Å². The predicted octanol–water partition coefficient (Wildman–Crippen LogP) is 4.39. The zero-order valence-electron chi connectivity index (χ0n) is 14.5. The Labute approximate surface area is 161 Å². The van der Waals surface area contributed by atoms with Crippen LogP contribution in [0.3, 0.4) is 0 Å². The summed E-state index contributed by atoms with van der Waals surface area (Å²) >= 11 is 1.60. The zero-order valence-corrected chi connectivity index (χ0v) is 15.3. The molecule has 6 heteroatoms. The first kappa shape index (κ1) is 17.1. The molecule has 0 saturated carbocycles. The van der Waals surface area contributed by atoms with Crippen molar-refractivity contribution in [3.63, 3.8) is 0 Å². The first-order chi connectivity index (χ1) is 13.4. The number of hydrogen-bond donors (Lipinski definition) is 1. The molecule has 0 atom stereocenters. The van der Waals surface area contributed by atoms with Crippen molar-refractivity contribution in [1.82, 2.24) is 20.4 Å². The Morgan fingerprint density at radius 1 is 0.963 bits per heavy atom. The molecule has 0 unspecified atom stereocenters. The second kappa shape index (κ2) is 8.33. The molecule has 0 radical (unpaired) electrons. The highest BCUT2D eigenvalue weighted by Gasteiger charge is 2.08. The van der Waals surface area contributed by atoms with E-state index < -0.39 is 0 Å². The smallest absolute Gasteiger partial charge is 0.125 e. The SMILES string of the molecule is C(=N\NCc1ccccc1)/c1ccnc(-c2cnc(-c3cccnc3)s2)c1. The van der Waals surface area contributed by atoms with Crippen molar-refractivity contribution >= 4 is 17.6 Å². The highest BCUT2D eigenvalue weighted by molar-refractivity contribution is 7.18. The quantitative estimate of drug-likeness (QED) is 0.403. The Bertz CT molecular complexity index is 1030. The van der Waals surface area contributed by atoms with Crippen LogP contribution in [0.1, 0.15) is 11.1 Å². The van der Waals surface area contributed by atoms with Gasteiger partial charge in [-0.3, -0.25) is 9.97 Å². The lowest BCUT2D eigenvalue weighted by Gasteiger charge is -2.01. The summed E-state index contributed by atoms with van der Waals surface area (Å²) in [7, 11) is 0. The number of benzene rings is 1. The van der Waals surface area contributed by atoms with Crippen molar-refractivity contribution in [2.45, 2.75) is 6.54 Å². The van der Waals surface area contributed by atoms with Crippen LogP contribution >= 0.6 is 11.3 Å². The summed E-state index contributed by atoms with van der Waals surface area (Å²) in [4.78, 5) is 14.1. The van der Waals surface area contributed by atoms with Gasteiger partial charge in [-0.15, -0.1) is 11.3 Å². The van der Waals surface area contributed by atoms with Crippen LogP contribution in [0.5, 0.6) is 0 Å². The van der Waals surface area contributed by atoms with Crippen molar-refractivity contribution in [1.29, 1.82) is 0 Å². The third kappa shape index (κ3) is 4.43. The van der Waals surface area contributed by atoms with E-state index in [0.29, 0.717) is 6.54 Å². The fourth-order valence-corrected chi connectivity index (χ4v) is 3.40. The van der Waals surface area contributed by atoms with Gasteiger partial charge in [0.05, 0.1) is 23.3 Å². The van der Waals surface area contributed by atoms with Gasteiger partial charge in [0.25, 0.3) is 0 Å². The second-order valence-corrected chi connectivity index (χ2v) is 6.86. The van der Waals surface area contributed by atoms with E-state index in [1.54, 1.807) is 29.9 Å². The minimum Gasteiger partial charge on any atom is -0.306 e. The first-order valence-electron chi connectivity index (χ1n) is 8.51. The Morgan fingerprint density at radius 3 is 2.74 bits per heavy atom. The minimum absolute atomic E-state index is 0.693. The Morgan fingerprint density at radius 2 is 1.89 bits per heavy atom. The van der Waals surface area contributed by atoms with Crippen LogP contribution in [-0.4, -0.2) is 21.2 Å². The van der Waals surface area contributed by atoms with Gasteiger partial charge in [-0.2, -0.15) is 5.10 Å². The highest BCUT2D eigenvalue weighted by atomic mass is 32.1. The molecule has 0 saturated heterocycles. The topological polar surface area (TPSA) is 63.1 Å². The summed E-state index contributed by atoms with van der Waals surface area (Å²) in [5, 5.41) is 5.23. The number of thiazole rings is 1. The molecule has 0 amide bonds. The summed E-state index contributed by atoms with van der Waals surface area (Å²) in [5.41, 5.74) is 7.14. The molecule has 3 aromatic heterocycles. The largest absolute Gasteiger partial charge is 0.306 e. The molecule has 0 aliphatic carbocycles. The number of hydrazone groups is 1. The molecule has 3 heterocycles.